The Balaban J connectivity index is 0.00000154. The molecule has 0 radical (unpaired) electrons. The van der Waals surface area contributed by atoms with Crippen LogP contribution in [0, 0.1) is 22.2 Å². The first-order valence-electron chi connectivity index (χ1n) is 7.99. The molecule has 0 amide bonds. The van der Waals surface area contributed by atoms with Gasteiger partial charge in [-0.25, -0.2) is 0 Å². The maximum atomic E-state index is 12.5. The topological polar surface area (TPSA) is 17.1 Å². The van der Waals surface area contributed by atoms with Gasteiger partial charge in [-0.1, -0.05) is 62.3 Å². The van der Waals surface area contributed by atoms with Crippen molar-refractivity contribution in [1.29, 1.82) is 0 Å². The van der Waals surface area contributed by atoms with Crippen molar-refractivity contribution in [2.24, 2.45) is 22.2 Å². The summed E-state index contributed by atoms with van der Waals surface area (Å²) >= 11 is 0. The Morgan fingerprint density at radius 2 is 1.58 bits per heavy atom. The van der Waals surface area contributed by atoms with E-state index in [0.717, 1.165) is 18.8 Å². The van der Waals surface area contributed by atoms with E-state index in [4.69, 9.17) is 0 Å². The Hall–Kier alpha value is -0.330. The van der Waals surface area contributed by atoms with Crippen LogP contribution in [0.15, 0.2) is 0 Å². The van der Waals surface area contributed by atoms with E-state index in [9.17, 15) is 4.79 Å². The van der Waals surface area contributed by atoms with Crippen molar-refractivity contribution in [3.05, 3.63) is 0 Å². The van der Waals surface area contributed by atoms with Gasteiger partial charge >= 0.3 is 0 Å². The second-order valence-electron chi connectivity index (χ2n) is 8.51. The van der Waals surface area contributed by atoms with Gasteiger partial charge in [-0.15, -0.1) is 0 Å². The quantitative estimate of drug-likeness (QED) is 0.612. The van der Waals surface area contributed by atoms with Gasteiger partial charge in [0.05, 0.1) is 0 Å². The molecule has 1 heteroatoms. The van der Waals surface area contributed by atoms with E-state index in [1.54, 1.807) is 0 Å². The summed E-state index contributed by atoms with van der Waals surface area (Å²) < 4.78 is 0. The third-order valence-electron chi connectivity index (χ3n) is 3.97. The molecular weight excluding hydrogens is 232 g/mol. The molecule has 0 aromatic heterocycles. The van der Waals surface area contributed by atoms with Crippen molar-refractivity contribution in [1.82, 2.24) is 0 Å². The molecule has 0 bridgehead atoms. The van der Waals surface area contributed by atoms with Crippen molar-refractivity contribution < 1.29 is 4.79 Å². The lowest BCUT2D eigenvalue weighted by atomic mass is 9.71. The van der Waals surface area contributed by atoms with Gasteiger partial charge in [-0.2, -0.15) is 0 Å². The number of Topliss-reactive ketones (excluding diaryl/α,β-unsaturated/α-hetero) is 1. The molecule has 1 rings (SSSR count). The summed E-state index contributed by atoms with van der Waals surface area (Å²) in [6.07, 6.45) is 4.67. The number of rotatable bonds is 2. The second-order valence-corrected chi connectivity index (χ2v) is 8.51. The number of ketones is 1. The largest absolute Gasteiger partial charge is 0.299 e. The SMILES string of the molecule is CC.CC(C)(C)CC1CCC(C)(C(=O)C(C)(C)C)C1. The minimum absolute atomic E-state index is 0.0613. The van der Waals surface area contributed by atoms with E-state index in [1.165, 1.54) is 12.8 Å². The van der Waals surface area contributed by atoms with Gasteiger partial charge in [0.15, 0.2) is 0 Å². The minimum Gasteiger partial charge on any atom is -0.299 e. The van der Waals surface area contributed by atoms with Crippen LogP contribution in [0.5, 0.6) is 0 Å². The standard InChI is InChI=1S/C16H30O.C2H6/c1-14(2,3)10-12-8-9-16(7,11-12)13(17)15(4,5)6;1-2/h12H,8-11H2,1-7H3;1-2H3. The highest BCUT2D eigenvalue weighted by Crippen LogP contribution is 2.48. The summed E-state index contributed by atoms with van der Waals surface area (Å²) in [5, 5.41) is 0. The van der Waals surface area contributed by atoms with Crippen LogP contribution in [0.25, 0.3) is 0 Å². The summed E-state index contributed by atoms with van der Waals surface area (Å²) in [5.41, 5.74) is 0.139. The maximum absolute atomic E-state index is 12.5. The fourth-order valence-electron chi connectivity index (χ4n) is 3.52. The number of carbonyl (C=O) groups is 1. The van der Waals surface area contributed by atoms with Crippen molar-refractivity contribution in [3.8, 4) is 0 Å². The molecule has 0 aliphatic heterocycles. The molecule has 0 spiro atoms. The van der Waals surface area contributed by atoms with E-state index >= 15 is 0 Å². The Morgan fingerprint density at radius 3 is 1.95 bits per heavy atom. The van der Waals surface area contributed by atoms with Crippen LogP contribution in [-0.4, -0.2) is 5.78 Å². The van der Waals surface area contributed by atoms with E-state index in [2.05, 4.69) is 48.5 Å². The summed E-state index contributed by atoms with van der Waals surface area (Å²) in [5.74, 6) is 1.20. The molecule has 1 nitrogen and oxygen atoms in total. The molecule has 1 aliphatic rings. The zero-order valence-electron chi connectivity index (χ0n) is 14.8. The smallest absolute Gasteiger partial charge is 0.144 e. The van der Waals surface area contributed by atoms with Crippen LogP contribution in [0.3, 0.4) is 0 Å². The van der Waals surface area contributed by atoms with Crippen LogP contribution in [-0.2, 0) is 4.79 Å². The van der Waals surface area contributed by atoms with Crippen LogP contribution in [0.4, 0.5) is 0 Å². The third kappa shape index (κ3) is 5.67. The van der Waals surface area contributed by atoms with Crippen LogP contribution in [0.2, 0.25) is 0 Å². The fourth-order valence-corrected chi connectivity index (χ4v) is 3.52. The normalized spacial score (nSPS) is 27.7. The predicted octanol–water partition coefficient (Wildman–Crippen LogP) is 5.87. The van der Waals surface area contributed by atoms with Crippen LogP contribution in [0.1, 0.15) is 88.0 Å². The van der Waals surface area contributed by atoms with Gasteiger partial charge in [0.1, 0.15) is 5.78 Å². The van der Waals surface area contributed by atoms with Gasteiger partial charge in [-0.3, -0.25) is 4.79 Å². The molecule has 0 N–H and O–H groups in total. The van der Waals surface area contributed by atoms with Crippen molar-refractivity contribution >= 4 is 5.78 Å². The summed E-state index contributed by atoms with van der Waals surface area (Å²) in [4.78, 5) is 12.5. The van der Waals surface area contributed by atoms with Gasteiger partial charge in [0.25, 0.3) is 0 Å². The molecule has 114 valence electrons. The Labute approximate surface area is 121 Å². The molecule has 2 unspecified atom stereocenters. The van der Waals surface area contributed by atoms with E-state index in [1.807, 2.05) is 13.8 Å². The molecule has 0 saturated heterocycles. The van der Waals surface area contributed by atoms with Gasteiger partial charge in [-0.05, 0) is 37.0 Å². The molecular formula is C18H36O. The van der Waals surface area contributed by atoms with Crippen molar-refractivity contribution in [2.45, 2.75) is 88.0 Å². The lowest BCUT2D eigenvalue weighted by Gasteiger charge is -2.31. The van der Waals surface area contributed by atoms with Gasteiger partial charge in [0.2, 0.25) is 0 Å². The molecule has 0 aromatic rings. The zero-order chi connectivity index (χ0) is 15.5. The predicted molar refractivity (Wildman–Crippen MR) is 85.3 cm³/mol. The lowest BCUT2D eigenvalue weighted by Crippen LogP contribution is -2.35. The maximum Gasteiger partial charge on any atom is 0.144 e. The average molecular weight is 268 g/mol. The summed E-state index contributed by atoms with van der Waals surface area (Å²) in [7, 11) is 0. The first kappa shape index (κ1) is 18.7. The molecule has 0 aromatic carbocycles. The van der Waals surface area contributed by atoms with Crippen LogP contribution < -0.4 is 0 Å². The Kier molecular flexibility index (Phi) is 6.30. The van der Waals surface area contributed by atoms with Crippen LogP contribution >= 0.6 is 0 Å². The first-order valence-corrected chi connectivity index (χ1v) is 7.99. The monoisotopic (exact) mass is 268 g/mol. The second kappa shape index (κ2) is 6.41. The third-order valence-corrected chi connectivity index (χ3v) is 3.97. The molecule has 1 fully saturated rings. The number of carbonyl (C=O) groups excluding carboxylic acids is 1. The highest BCUT2D eigenvalue weighted by atomic mass is 16.1. The summed E-state index contributed by atoms with van der Waals surface area (Å²) in [6.45, 7) is 19.2. The lowest BCUT2D eigenvalue weighted by molar-refractivity contribution is -0.135. The van der Waals surface area contributed by atoms with Gasteiger partial charge in [0, 0.05) is 10.8 Å². The zero-order valence-corrected chi connectivity index (χ0v) is 14.8. The molecule has 0 heterocycles. The molecule has 1 aliphatic carbocycles. The highest BCUT2D eigenvalue weighted by Gasteiger charge is 2.45. The van der Waals surface area contributed by atoms with E-state index < -0.39 is 0 Å². The number of hydrogen-bond acceptors (Lipinski definition) is 1. The summed E-state index contributed by atoms with van der Waals surface area (Å²) in [6, 6.07) is 0. The Bertz CT molecular complexity index is 290. The average Bonchev–Trinajstić information content (AvgIpc) is 2.59. The first-order chi connectivity index (χ1) is 8.44. The molecule has 19 heavy (non-hydrogen) atoms. The number of hydrogen-bond donors (Lipinski definition) is 0. The molecule has 1 saturated carbocycles. The highest BCUT2D eigenvalue weighted by molar-refractivity contribution is 5.89. The van der Waals surface area contributed by atoms with E-state index in [0.29, 0.717) is 11.2 Å². The molecule has 2 atom stereocenters. The van der Waals surface area contributed by atoms with Crippen molar-refractivity contribution in [3.63, 3.8) is 0 Å². The van der Waals surface area contributed by atoms with Gasteiger partial charge < -0.3 is 0 Å². The minimum atomic E-state index is -0.189. The Morgan fingerprint density at radius 1 is 1.11 bits per heavy atom. The fraction of sp³-hybridized carbons (Fsp3) is 0.944. The van der Waals surface area contributed by atoms with E-state index in [-0.39, 0.29) is 10.8 Å². The van der Waals surface area contributed by atoms with Crippen molar-refractivity contribution in [2.75, 3.05) is 0 Å².